The van der Waals surface area contributed by atoms with Gasteiger partial charge in [-0.15, -0.1) is 0 Å². The minimum Gasteiger partial charge on any atom is -0.459 e. The molecule has 5 heteroatoms. The third-order valence-corrected chi connectivity index (χ3v) is 3.38. The van der Waals surface area contributed by atoms with Crippen LogP contribution in [0.15, 0.2) is 33.2 Å². The van der Waals surface area contributed by atoms with Crippen LogP contribution in [0.25, 0.3) is 11.3 Å². The van der Waals surface area contributed by atoms with E-state index in [1.165, 1.54) is 0 Å². The summed E-state index contributed by atoms with van der Waals surface area (Å²) in [5, 5.41) is 1.07. The molecule has 0 bridgehead atoms. The van der Waals surface area contributed by atoms with Gasteiger partial charge in [0.15, 0.2) is 0 Å². The monoisotopic (exact) mass is 333 g/mol. The fraction of sp³-hybridized carbons (Fsp3) is 0.167. The van der Waals surface area contributed by atoms with Crippen LogP contribution in [0.2, 0.25) is 10.0 Å². The highest BCUT2D eigenvalue weighted by molar-refractivity contribution is 9.10. The lowest BCUT2D eigenvalue weighted by Gasteiger charge is -2.05. The van der Waals surface area contributed by atoms with Crippen molar-refractivity contribution in [2.24, 2.45) is 5.73 Å². The van der Waals surface area contributed by atoms with Crippen molar-refractivity contribution in [1.29, 1.82) is 0 Å². The fourth-order valence-electron chi connectivity index (χ4n) is 1.51. The van der Waals surface area contributed by atoms with Crippen molar-refractivity contribution in [3.8, 4) is 11.3 Å². The quantitative estimate of drug-likeness (QED) is 0.836. The van der Waals surface area contributed by atoms with E-state index in [4.69, 9.17) is 33.4 Å². The molecule has 0 fully saturated rings. The van der Waals surface area contributed by atoms with Crippen molar-refractivity contribution in [3.05, 3.63) is 44.5 Å². The number of furan rings is 1. The maximum absolute atomic E-state index is 6.15. The Labute approximate surface area is 118 Å². The first-order valence-corrected chi connectivity index (χ1v) is 6.54. The van der Waals surface area contributed by atoms with Gasteiger partial charge in [0.05, 0.1) is 21.7 Å². The first-order chi connectivity index (χ1) is 7.99. The lowest BCUT2D eigenvalue weighted by molar-refractivity contribution is 0.491. The van der Waals surface area contributed by atoms with E-state index in [2.05, 4.69) is 15.9 Å². The van der Waals surface area contributed by atoms with Gasteiger partial charge >= 0.3 is 0 Å². The van der Waals surface area contributed by atoms with E-state index in [-0.39, 0.29) is 6.04 Å². The molecule has 2 nitrogen and oxygen atoms in total. The van der Waals surface area contributed by atoms with Crippen molar-refractivity contribution < 1.29 is 4.42 Å². The van der Waals surface area contributed by atoms with Crippen LogP contribution in [0.1, 0.15) is 18.7 Å². The second-order valence-electron chi connectivity index (χ2n) is 3.74. The average molecular weight is 335 g/mol. The zero-order chi connectivity index (χ0) is 12.6. The Kier molecular flexibility index (Phi) is 3.83. The highest BCUT2D eigenvalue weighted by Gasteiger charge is 2.14. The molecule has 0 radical (unpaired) electrons. The second-order valence-corrected chi connectivity index (χ2v) is 5.47. The van der Waals surface area contributed by atoms with Gasteiger partial charge in [-0.3, -0.25) is 0 Å². The first kappa shape index (κ1) is 13.0. The van der Waals surface area contributed by atoms with Crippen LogP contribution >= 0.6 is 39.1 Å². The normalized spacial score (nSPS) is 12.8. The van der Waals surface area contributed by atoms with Crippen LogP contribution < -0.4 is 5.73 Å². The Morgan fingerprint density at radius 1 is 1.24 bits per heavy atom. The van der Waals surface area contributed by atoms with Gasteiger partial charge in [0.25, 0.3) is 0 Å². The minimum absolute atomic E-state index is 0.156. The molecule has 17 heavy (non-hydrogen) atoms. The number of hydrogen-bond donors (Lipinski definition) is 1. The predicted octanol–water partition coefficient (Wildman–Crippen LogP) is 5.04. The summed E-state index contributed by atoms with van der Waals surface area (Å²) < 4.78 is 6.45. The summed E-state index contributed by atoms with van der Waals surface area (Å²) in [6.45, 7) is 1.85. The molecular weight excluding hydrogens is 325 g/mol. The average Bonchev–Trinajstić information content (AvgIpc) is 2.65. The Balaban J connectivity index is 2.52. The van der Waals surface area contributed by atoms with E-state index in [1.54, 1.807) is 12.1 Å². The Morgan fingerprint density at radius 3 is 2.29 bits per heavy atom. The molecule has 0 saturated heterocycles. The summed E-state index contributed by atoms with van der Waals surface area (Å²) in [4.78, 5) is 0. The molecule has 2 rings (SSSR count). The SMILES string of the molecule is CC(N)c1ccc(-c2c(Cl)cc(Br)cc2Cl)o1. The summed E-state index contributed by atoms with van der Waals surface area (Å²) in [7, 11) is 0. The molecule has 0 amide bonds. The maximum Gasteiger partial charge on any atom is 0.137 e. The van der Waals surface area contributed by atoms with E-state index >= 15 is 0 Å². The predicted molar refractivity (Wildman–Crippen MR) is 74.5 cm³/mol. The first-order valence-electron chi connectivity index (χ1n) is 4.99. The largest absolute Gasteiger partial charge is 0.459 e. The van der Waals surface area contributed by atoms with Crippen LogP contribution in [0.4, 0.5) is 0 Å². The standard InChI is InChI=1S/C12H10BrCl2NO/c1-6(16)10-2-3-11(17-10)12-8(14)4-7(13)5-9(12)15/h2-6H,16H2,1H3. The Bertz CT molecular complexity index is 528. The van der Waals surface area contributed by atoms with Crippen LogP contribution in [0.5, 0.6) is 0 Å². The molecule has 1 aromatic heterocycles. The van der Waals surface area contributed by atoms with Crippen molar-refractivity contribution in [2.75, 3.05) is 0 Å². The topological polar surface area (TPSA) is 39.2 Å². The van der Waals surface area contributed by atoms with Crippen LogP contribution in [-0.2, 0) is 0 Å². The number of benzene rings is 1. The van der Waals surface area contributed by atoms with Crippen molar-refractivity contribution in [3.63, 3.8) is 0 Å². The molecule has 1 heterocycles. The van der Waals surface area contributed by atoms with Crippen LogP contribution in [0, 0.1) is 0 Å². The summed E-state index contributed by atoms with van der Waals surface area (Å²) in [5.41, 5.74) is 6.42. The number of hydrogen-bond acceptors (Lipinski definition) is 2. The molecule has 0 saturated carbocycles. The Hall–Kier alpha value is -0.480. The summed E-state index contributed by atoms with van der Waals surface area (Å²) >= 11 is 15.6. The van der Waals surface area contributed by atoms with Crippen molar-refractivity contribution >= 4 is 39.1 Å². The van der Waals surface area contributed by atoms with Crippen LogP contribution in [-0.4, -0.2) is 0 Å². The number of halogens is 3. The minimum atomic E-state index is -0.156. The van der Waals surface area contributed by atoms with Gasteiger partial charge in [0, 0.05) is 4.47 Å². The highest BCUT2D eigenvalue weighted by atomic mass is 79.9. The van der Waals surface area contributed by atoms with E-state index < -0.39 is 0 Å². The summed E-state index contributed by atoms with van der Waals surface area (Å²) in [6, 6.07) is 7.04. The molecule has 2 N–H and O–H groups in total. The third-order valence-electron chi connectivity index (χ3n) is 2.33. The molecule has 1 unspecified atom stereocenters. The molecular formula is C12H10BrCl2NO. The van der Waals surface area contributed by atoms with E-state index in [9.17, 15) is 0 Å². The number of rotatable bonds is 2. The fourth-order valence-corrected chi connectivity index (χ4v) is 2.90. The van der Waals surface area contributed by atoms with Gasteiger partial charge in [0.1, 0.15) is 11.5 Å². The third kappa shape index (κ3) is 2.68. The van der Waals surface area contributed by atoms with Gasteiger partial charge in [-0.1, -0.05) is 39.1 Å². The smallest absolute Gasteiger partial charge is 0.137 e. The van der Waals surface area contributed by atoms with Crippen LogP contribution in [0.3, 0.4) is 0 Å². The lowest BCUT2D eigenvalue weighted by Crippen LogP contribution is -2.02. The van der Waals surface area contributed by atoms with Gasteiger partial charge in [0.2, 0.25) is 0 Å². The van der Waals surface area contributed by atoms with E-state index in [0.717, 1.165) is 4.47 Å². The zero-order valence-electron chi connectivity index (χ0n) is 9.01. The zero-order valence-corrected chi connectivity index (χ0v) is 12.1. The van der Waals surface area contributed by atoms with Gasteiger partial charge < -0.3 is 10.2 Å². The van der Waals surface area contributed by atoms with Crippen molar-refractivity contribution in [2.45, 2.75) is 13.0 Å². The summed E-state index contributed by atoms with van der Waals surface area (Å²) in [6.07, 6.45) is 0. The molecule has 0 spiro atoms. The molecule has 0 aliphatic rings. The van der Waals surface area contributed by atoms with Crippen molar-refractivity contribution in [1.82, 2.24) is 0 Å². The van der Waals surface area contributed by atoms with Gasteiger partial charge in [-0.05, 0) is 31.2 Å². The van der Waals surface area contributed by atoms with E-state index in [1.807, 2.05) is 19.1 Å². The Morgan fingerprint density at radius 2 is 1.82 bits per heavy atom. The highest BCUT2D eigenvalue weighted by Crippen LogP contribution is 2.38. The molecule has 0 aliphatic carbocycles. The molecule has 0 aliphatic heterocycles. The summed E-state index contributed by atoms with van der Waals surface area (Å²) in [5.74, 6) is 1.33. The maximum atomic E-state index is 6.15. The molecule has 90 valence electrons. The lowest BCUT2D eigenvalue weighted by atomic mass is 10.2. The van der Waals surface area contributed by atoms with E-state index in [0.29, 0.717) is 27.1 Å². The second kappa shape index (κ2) is 5.02. The molecule has 1 aromatic carbocycles. The molecule has 2 aromatic rings. The van der Waals surface area contributed by atoms with Gasteiger partial charge in [-0.2, -0.15) is 0 Å². The van der Waals surface area contributed by atoms with Gasteiger partial charge in [-0.25, -0.2) is 0 Å². The molecule has 1 atom stereocenters. The number of nitrogens with two attached hydrogens (primary N) is 1.